The summed E-state index contributed by atoms with van der Waals surface area (Å²) in [5.74, 6) is 1.28. The van der Waals surface area contributed by atoms with Gasteiger partial charge in [-0.25, -0.2) is 4.79 Å². The highest BCUT2D eigenvalue weighted by atomic mass is 16.5. The van der Waals surface area contributed by atoms with Gasteiger partial charge in [0.05, 0.1) is 24.0 Å². The molecule has 2 fully saturated rings. The van der Waals surface area contributed by atoms with Crippen molar-refractivity contribution in [3.63, 3.8) is 0 Å². The second kappa shape index (κ2) is 4.76. The topological polar surface area (TPSA) is 64.3 Å². The molecule has 0 aromatic heterocycles. The van der Waals surface area contributed by atoms with Crippen LogP contribution in [0.4, 0.5) is 11.4 Å². The lowest BCUT2D eigenvalue weighted by atomic mass is 10.1. The molecule has 0 radical (unpaired) electrons. The number of nitrogens with one attached hydrogen (secondary N) is 1. The maximum Gasteiger partial charge on any atom is 0.337 e. The predicted octanol–water partition coefficient (Wildman–Crippen LogP) is 2.66. The third-order valence-electron chi connectivity index (χ3n) is 4.05. The fourth-order valence-electron chi connectivity index (χ4n) is 2.65. The molecule has 1 aromatic carbocycles. The molecule has 19 heavy (non-hydrogen) atoms. The smallest absolute Gasteiger partial charge is 0.337 e. The Morgan fingerprint density at radius 1 is 1.32 bits per heavy atom. The minimum Gasteiger partial charge on any atom is -0.465 e. The maximum absolute atomic E-state index is 11.4. The van der Waals surface area contributed by atoms with Gasteiger partial charge >= 0.3 is 5.97 Å². The number of hydrogen-bond acceptors (Lipinski definition) is 4. The molecule has 0 atom stereocenters. The standard InChI is InChI=1S/C15H20N2O2/c1-19-15(18)11-6-7-13(12(16)8-11)17-14(9-2-3-9)10-4-5-10/h6-10,14,17H,2-5,16H2,1H3. The van der Waals surface area contributed by atoms with Crippen LogP contribution >= 0.6 is 0 Å². The number of methoxy groups -OCH3 is 1. The normalized spacial score (nSPS) is 18.4. The summed E-state index contributed by atoms with van der Waals surface area (Å²) in [6.07, 6.45) is 5.31. The fourth-order valence-corrected chi connectivity index (χ4v) is 2.65. The second-order valence-electron chi connectivity index (χ2n) is 5.64. The molecule has 0 heterocycles. The Kier molecular flexibility index (Phi) is 3.09. The number of nitrogens with two attached hydrogens (primary N) is 1. The lowest BCUT2D eigenvalue weighted by Gasteiger charge is -2.20. The number of benzene rings is 1. The van der Waals surface area contributed by atoms with Crippen LogP contribution in [0.1, 0.15) is 36.0 Å². The van der Waals surface area contributed by atoms with Crippen molar-refractivity contribution in [2.45, 2.75) is 31.7 Å². The van der Waals surface area contributed by atoms with Gasteiger partial charge < -0.3 is 15.8 Å². The molecule has 0 saturated heterocycles. The van der Waals surface area contributed by atoms with Gasteiger partial charge in [-0.3, -0.25) is 0 Å². The van der Waals surface area contributed by atoms with Crippen LogP contribution < -0.4 is 11.1 Å². The Bertz CT molecular complexity index is 481. The molecule has 0 aliphatic heterocycles. The van der Waals surface area contributed by atoms with E-state index in [0.717, 1.165) is 17.5 Å². The van der Waals surface area contributed by atoms with Gasteiger partial charge in [0.25, 0.3) is 0 Å². The zero-order valence-corrected chi connectivity index (χ0v) is 11.2. The summed E-state index contributed by atoms with van der Waals surface area (Å²) in [6.45, 7) is 0. The first-order valence-corrected chi connectivity index (χ1v) is 6.93. The molecule has 0 amide bonds. The van der Waals surface area contributed by atoms with Gasteiger partial charge in [-0.05, 0) is 55.7 Å². The van der Waals surface area contributed by atoms with Crippen LogP contribution in [0.2, 0.25) is 0 Å². The van der Waals surface area contributed by atoms with Crippen LogP contribution in [0.15, 0.2) is 18.2 Å². The minimum atomic E-state index is -0.348. The molecule has 0 unspecified atom stereocenters. The summed E-state index contributed by atoms with van der Waals surface area (Å²) in [5.41, 5.74) is 8.09. The third-order valence-corrected chi connectivity index (χ3v) is 4.05. The van der Waals surface area contributed by atoms with Gasteiger partial charge in [0.1, 0.15) is 0 Å². The van der Waals surface area contributed by atoms with Gasteiger partial charge in [-0.2, -0.15) is 0 Å². The van der Waals surface area contributed by atoms with E-state index in [-0.39, 0.29) is 5.97 Å². The van der Waals surface area contributed by atoms with Crippen LogP contribution in [-0.4, -0.2) is 19.1 Å². The van der Waals surface area contributed by atoms with Crippen LogP contribution in [0.3, 0.4) is 0 Å². The molecule has 2 aliphatic carbocycles. The van der Waals surface area contributed by atoms with Crippen LogP contribution in [0.25, 0.3) is 0 Å². The average molecular weight is 260 g/mol. The number of carbonyl (C=O) groups excluding carboxylic acids is 1. The van der Waals surface area contributed by atoms with Crippen molar-refractivity contribution in [1.29, 1.82) is 0 Å². The lowest BCUT2D eigenvalue weighted by Crippen LogP contribution is -2.24. The highest BCUT2D eigenvalue weighted by Crippen LogP contribution is 2.46. The van der Waals surface area contributed by atoms with E-state index in [4.69, 9.17) is 10.5 Å². The molecule has 0 bridgehead atoms. The van der Waals surface area contributed by atoms with E-state index in [2.05, 4.69) is 5.32 Å². The molecule has 4 nitrogen and oxygen atoms in total. The largest absolute Gasteiger partial charge is 0.465 e. The third kappa shape index (κ3) is 2.67. The fraction of sp³-hybridized carbons (Fsp3) is 0.533. The highest BCUT2D eigenvalue weighted by Gasteiger charge is 2.41. The number of ether oxygens (including phenoxy) is 1. The summed E-state index contributed by atoms with van der Waals surface area (Å²) >= 11 is 0. The second-order valence-corrected chi connectivity index (χ2v) is 5.64. The first kappa shape index (κ1) is 12.3. The number of esters is 1. The van der Waals surface area contributed by atoms with E-state index in [1.165, 1.54) is 32.8 Å². The molecular weight excluding hydrogens is 240 g/mol. The van der Waals surface area contributed by atoms with Crippen LogP contribution in [-0.2, 0) is 4.74 Å². The summed E-state index contributed by atoms with van der Waals surface area (Å²) in [7, 11) is 1.38. The maximum atomic E-state index is 11.4. The molecule has 3 rings (SSSR count). The van der Waals surface area contributed by atoms with E-state index in [1.54, 1.807) is 12.1 Å². The molecule has 4 heteroatoms. The van der Waals surface area contributed by atoms with Crippen LogP contribution in [0, 0.1) is 11.8 Å². The van der Waals surface area contributed by atoms with Crippen molar-refractivity contribution in [2.75, 3.05) is 18.2 Å². The first-order valence-electron chi connectivity index (χ1n) is 6.93. The van der Waals surface area contributed by atoms with Crippen molar-refractivity contribution in [2.24, 2.45) is 11.8 Å². The van der Waals surface area contributed by atoms with Crippen LogP contribution in [0.5, 0.6) is 0 Å². The van der Waals surface area contributed by atoms with E-state index < -0.39 is 0 Å². The molecule has 1 aromatic rings. The molecule has 102 valence electrons. The van der Waals surface area contributed by atoms with Gasteiger partial charge in [0.15, 0.2) is 0 Å². The zero-order chi connectivity index (χ0) is 13.4. The summed E-state index contributed by atoms with van der Waals surface area (Å²) < 4.78 is 4.69. The number of hydrogen-bond donors (Lipinski definition) is 2. The van der Waals surface area contributed by atoms with Crippen molar-refractivity contribution >= 4 is 17.3 Å². The van der Waals surface area contributed by atoms with Gasteiger partial charge in [-0.15, -0.1) is 0 Å². The van der Waals surface area contributed by atoms with E-state index in [1.807, 2.05) is 6.07 Å². The summed E-state index contributed by atoms with van der Waals surface area (Å²) in [5, 5.41) is 3.58. The predicted molar refractivity (Wildman–Crippen MR) is 75.1 cm³/mol. The minimum absolute atomic E-state index is 0.348. The van der Waals surface area contributed by atoms with E-state index in [9.17, 15) is 4.79 Å². The number of anilines is 2. The SMILES string of the molecule is COC(=O)c1ccc(NC(C2CC2)C2CC2)c(N)c1. The van der Waals surface area contributed by atoms with E-state index >= 15 is 0 Å². The highest BCUT2D eigenvalue weighted by molar-refractivity contribution is 5.91. The number of rotatable bonds is 5. The molecule has 3 N–H and O–H groups in total. The summed E-state index contributed by atoms with van der Waals surface area (Å²) in [6, 6.07) is 5.90. The molecule has 2 aliphatic rings. The molecular formula is C15H20N2O2. The molecule has 2 saturated carbocycles. The number of carbonyl (C=O) groups is 1. The quantitative estimate of drug-likeness (QED) is 0.631. The van der Waals surface area contributed by atoms with Crippen molar-refractivity contribution in [3.05, 3.63) is 23.8 Å². The monoisotopic (exact) mass is 260 g/mol. The van der Waals surface area contributed by atoms with Crippen molar-refractivity contribution in [3.8, 4) is 0 Å². The van der Waals surface area contributed by atoms with E-state index in [0.29, 0.717) is 17.3 Å². The summed E-state index contributed by atoms with van der Waals surface area (Å²) in [4.78, 5) is 11.4. The zero-order valence-electron chi connectivity index (χ0n) is 11.2. The van der Waals surface area contributed by atoms with Crippen molar-refractivity contribution in [1.82, 2.24) is 0 Å². The Balaban J connectivity index is 1.75. The van der Waals surface area contributed by atoms with Crippen molar-refractivity contribution < 1.29 is 9.53 Å². The van der Waals surface area contributed by atoms with Gasteiger partial charge in [0.2, 0.25) is 0 Å². The Labute approximate surface area is 113 Å². The van der Waals surface area contributed by atoms with Gasteiger partial charge in [-0.1, -0.05) is 0 Å². The Morgan fingerprint density at radius 3 is 2.42 bits per heavy atom. The Morgan fingerprint density at radius 2 is 1.95 bits per heavy atom. The first-order chi connectivity index (χ1) is 9.19. The van der Waals surface area contributed by atoms with Gasteiger partial charge in [0, 0.05) is 6.04 Å². The Hall–Kier alpha value is -1.71. The average Bonchev–Trinajstić information content (AvgIpc) is 3.29. The lowest BCUT2D eigenvalue weighted by molar-refractivity contribution is 0.0601. The number of nitrogen functional groups attached to an aromatic ring is 1. The molecule has 0 spiro atoms.